The summed E-state index contributed by atoms with van der Waals surface area (Å²) in [6.45, 7) is 8.28. The molecule has 0 N–H and O–H groups in total. The number of nitrogens with zero attached hydrogens (tertiary/aromatic N) is 3. The van der Waals surface area contributed by atoms with Gasteiger partial charge in [0.2, 0.25) is 0 Å². The Kier molecular flexibility index (Phi) is 5.34. The molecule has 1 aliphatic heterocycles. The van der Waals surface area contributed by atoms with Gasteiger partial charge in [-0.15, -0.1) is 0 Å². The fourth-order valence-electron chi connectivity index (χ4n) is 3.41. The molecule has 1 fully saturated rings. The van der Waals surface area contributed by atoms with Crippen molar-refractivity contribution < 1.29 is 4.74 Å². The van der Waals surface area contributed by atoms with Crippen molar-refractivity contribution in [3.05, 3.63) is 48.0 Å². The van der Waals surface area contributed by atoms with E-state index < -0.39 is 0 Å². The minimum atomic E-state index is 0.555. The lowest BCUT2D eigenvalue weighted by Crippen LogP contribution is -2.39. The van der Waals surface area contributed by atoms with Crippen molar-refractivity contribution in [3.63, 3.8) is 0 Å². The van der Waals surface area contributed by atoms with Gasteiger partial charge < -0.3 is 9.30 Å². The van der Waals surface area contributed by atoms with Crippen LogP contribution < -0.4 is 4.74 Å². The lowest BCUT2D eigenvalue weighted by molar-refractivity contribution is 0.148. The lowest BCUT2D eigenvalue weighted by atomic mass is 10.1. The zero-order valence-electron chi connectivity index (χ0n) is 14.2. The Morgan fingerprint density at radius 3 is 3.00 bits per heavy atom. The Labute approximate surface area is 139 Å². The number of benzene rings is 1. The van der Waals surface area contributed by atoms with E-state index in [0.29, 0.717) is 6.04 Å². The van der Waals surface area contributed by atoms with Crippen LogP contribution in [0.3, 0.4) is 0 Å². The number of hydrogen-bond acceptors (Lipinski definition) is 3. The molecule has 0 amide bonds. The van der Waals surface area contributed by atoms with Crippen molar-refractivity contribution in [2.24, 2.45) is 0 Å². The zero-order chi connectivity index (χ0) is 16.1. The van der Waals surface area contributed by atoms with E-state index in [4.69, 9.17) is 4.74 Å². The van der Waals surface area contributed by atoms with Gasteiger partial charge in [0.25, 0.3) is 0 Å². The van der Waals surface area contributed by atoms with Crippen LogP contribution in [0.2, 0.25) is 0 Å². The number of ether oxygens (including phenoxy) is 1. The minimum Gasteiger partial charge on any atom is -0.492 e. The second kappa shape index (κ2) is 7.64. The van der Waals surface area contributed by atoms with E-state index in [1.165, 1.54) is 30.8 Å². The summed E-state index contributed by atoms with van der Waals surface area (Å²) in [4.78, 5) is 6.99. The van der Waals surface area contributed by atoms with Gasteiger partial charge in [-0.05, 0) is 37.9 Å². The fraction of sp³-hybridized carbons (Fsp3) is 0.526. The third-order valence-corrected chi connectivity index (χ3v) is 4.70. The molecule has 1 unspecified atom stereocenters. The van der Waals surface area contributed by atoms with Gasteiger partial charge in [0.05, 0.1) is 0 Å². The summed E-state index contributed by atoms with van der Waals surface area (Å²) in [6.07, 6.45) is 7.56. The number of para-hydroxylation sites is 1. The van der Waals surface area contributed by atoms with Crippen LogP contribution in [-0.4, -0.2) is 40.7 Å². The van der Waals surface area contributed by atoms with E-state index in [0.717, 1.165) is 31.9 Å². The number of aryl methyl sites for hydroxylation is 2. The van der Waals surface area contributed by atoms with Crippen molar-refractivity contribution in [2.45, 2.75) is 39.2 Å². The standard InChI is InChI=1S/C19H27N3O/c1-3-19-20-10-12-22(19)17-8-6-11-21(15-17)13-14-23-18-9-5-4-7-16(18)2/h4-5,7,9-10,12,17H,3,6,8,11,13-15H2,1-2H3. The van der Waals surface area contributed by atoms with Gasteiger partial charge in [-0.3, -0.25) is 4.90 Å². The van der Waals surface area contributed by atoms with Gasteiger partial charge in [-0.25, -0.2) is 4.98 Å². The Morgan fingerprint density at radius 1 is 1.30 bits per heavy atom. The molecule has 1 saturated heterocycles. The zero-order valence-corrected chi connectivity index (χ0v) is 14.2. The summed E-state index contributed by atoms with van der Waals surface area (Å²) in [5, 5.41) is 0. The Balaban J connectivity index is 1.52. The van der Waals surface area contributed by atoms with E-state index in [2.05, 4.69) is 40.6 Å². The van der Waals surface area contributed by atoms with E-state index in [9.17, 15) is 0 Å². The van der Waals surface area contributed by atoms with Crippen molar-refractivity contribution in [2.75, 3.05) is 26.2 Å². The highest BCUT2D eigenvalue weighted by atomic mass is 16.5. The van der Waals surface area contributed by atoms with Crippen molar-refractivity contribution in [3.8, 4) is 5.75 Å². The average Bonchev–Trinajstić information content (AvgIpc) is 3.06. The van der Waals surface area contributed by atoms with Crippen LogP contribution in [-0.2, 0) is 6.42 Å². The highest BCUT2D eigenvalue weighted by Crippen LogP contribution is 2.23. The molecule has 23 heavy (non-hydrogen) atoms. The molecule has 4 heteroatoms. The molecule has 2 heterocycles. The third-order valence-electron chi connectivity index (χ3n) is 4.70. The number of hydrogen-bond donors (Lipinski definition) is 0. The van der Waals surface area contributed by atoms with E-state index in [-0.39, 0.29) is 0 Å². The molecule has 0 aliphatic carbocycles. The molecule has 1 aliphatic rings. The monoisotopic (exact) mass is 313 g/mol. The predicted octanol–water partition coefficient (Wildman–Crippen LogP) is 3.47. The van der Waals surface area contributed by atoms with Crippen LogP contribution >= 0.6 is 0 Å². The number of likely N-dealkylation sites (tertiary alicyclic amines) is 1. The van der Waals surface area contributed by atoms with Gasteiger partial charge >= 0.3 is 0 Å². The molecule has 1 aromatic heterocycles. The van der Waals surface area contributed by atoms with Gasteiger partial charge in [-0.2, -0.15) is 0 Å². The van der Waals surface area contributed by atoms with Crippen molar-refractivity contribution in [1.29, 1.82) is 0 Å². The smallest absolute Gasteiger partial charge is 0.122 e. The van der Waals surface area contributed by atoms with Gasteiger partial charge in [0, 0.05) is 37.9 Å². The quantitative estimate of drug-likeness (QED) is 0.818. The molecule has 0 saturated carbocycles. The van der Waals surface area contributed by atoms with E-state index in [1.807, 2.05) is 24.4 Å². The second-order valence-corrected chi connectivity index (χ2v) is 6.31. The van der Waals surface area contributed by atoms with Crippen molar-refractivity contribution in [1.82, 2.24) is 14.5 Å². The summed E-state index contributed by atoms with van der Waals surface area (Å²) in [5.74, 6) is 2.21. The molecule has 3 rings (SSSR count). The first-order valence-electron chi connectivity index (χ1n) is 8.70. The topological polar surface area (TPSA) is 30.3 Å². The molecular formula is C19H27N3O. The number of piperidine rings is 1. The summed E-state index contributed by atoms with van der Waals surface area (Å²) >= 11 is 0. The van der Waals surface area contributed by atoms with Gasteiger partial charge in [-0.1, -0.05) is 25.1 Å². The molecule has 0 bridgehead atoms. The lowest BCUT2D eigenvalue weighted by Gasteiger charge is -2.34. The summed E-state index contributed by atoms with van der Waals surface area (Å²) in [6, 6.07) is 8.78. The molecule has 1 aromatic carbocycles. The van der Waals surface area contributed by atoms with Crippen LogP contribution in [0.25, 0.3) is 0 Å². The van der Waals surface area contributed by atoms with Crippen molar-refractivity contribution >= 4 is 0 Å². The first-order chi connectivity index (χ1) is 11.3. The maximum absolute atomic E-state index is 5.95. The maximum Gasteiger partial charge on any atom is 0.122 e. The molecule has 0 radical (unpaired) electrons. The highest BCUT2D eigenvalue weighted by Gasteiger charge is 2.22. The maximum atomic E-state index is 5.95. The number of imidazole rings is 1. The summed E-state index contributed by atoms with van der Waals surface area (Å²) in [7, 11) is 0. The normalized spacial score (nSPS) is 19.0. The molecule has 2 aromatic rings. The fourth-order valence-corrected chi connectivity index (χ4v) is 3.41. The van der Waals surface area contributed by atoms with Crippen LogP contribution in [0.1, 0.15) is 37.2 Å². The first kappa shape index (κ1) is 16.1. The van der Waals surface area contributed by atoms with Gasteiger partial charge in [0.15, 0.2) is 0 Å². The third kappa shape index (κ3) is 3.94. The Bertz CT molecular complexity index is 623. The van der Waals surface area contributed by atoms with Crippen LogP contribution in [0.4, 0.5) is 0 Å². The predicted molar refractivity (Wildman–Crippen MR) is 93.0 cm³/mol. The number of aromatic nitrogens is 2. The molecule has 1 atom stereocenters. The Morgan fingerprint density at radius 2 is 2.17 bits per heavy atom. The largest absolute Gasteiger partial charge is 0.492 e. The van der Waals surface area contributed by atoms with E-state index >= 15 is 0 Å². The van der Waals surface area contributed by atoms with E-state index in [1.54, 1.807) is 0 Å². The number of rotatable bonds is 6. The SMILES string of the molecule is CCc1nccn1C1CCCN(CCOc2ccccc2C)C1. The second-order valence-electron chi connectivity index (χ2n) is 6.31. The van der Waals surface area contributed by atoms with Crippen LogP contribution in [0.15, 0.2) is 36.7 Å². The first-order valence-corrected chi connectivity index (χ1v) is 8.70. The molecular weight excluding hydrogens is 286 g/mol. The molecule has 4 nitrogen and oxygen atoms in total. The minimum absolute atomic E-state index is 0.555. The molecule has 124 valence electrons. The summed E-state index contributed by atoms with van der Waals surface area (Å²) < 4.78 is 8.32. The summed E-state index contributed by atoms with van der Waals surface area (Å²) in [5.41, 5.74) is 1.20. The molecule has 0 spiro atoms. The Hall–Kier alpha value is -1.81. The van der Waals surface area contributed by atoms with Crippen LogP contribution in [0, 0.1) is 6.92 Å². The average molecular weight is 313 g/mol. The van der Waals surface area contributed by atoms with Gasteiger partial charge in [0.1, 0.15) is 18.2 Å². The van der Waals surface area contributed by atoms with Crippen LogP contribution in [0.5, 0.6) is 5.75 Å². The highest BCUT2D eigenvalue weighted by molar-refractivity contribution is 5.31.